The highest BCUT2D eigenvalue weighted by Crippen LogP contribution is 2.49. The van der Waals surface area contributed by atoms with Crippen LogP contribution in [-0.4, -0.2) is 17.0 Å². The van der Waals surface area contributed by atoms with E-state index < -0.39 is 23.5 Å². The number of hydrogen-bond donors (Lipinski definition) is 2. The molecular formula is C20H13F2NO3S. The van der Waals surface area contributed by atoms with Gasteiger partial charge in [-0.3, -0.25) is 4.79 Å². The summed E-state index contributed by atoms with van der Waals surface area (Å²) in [7, 11) is 0. The maximum atomic E-state index is 13.7. The van der Waals surface area contributed by atoms with Gasteiger partial charge in [-0.15, -0.1) is 11.3 Å². The van der Waals surface area contributed by atoms with Gasteiger partial charge in [0.05, 0.1) is 5.69 Å². The van der Waals surface area contributed by atoms with Crippen LogP contribution in [0.4, 0.5) is 14.5 Å². The second-order valence-electron chi connectivity index (χ2n) is 6.20. The van der Waals surface area contributed by atoms with Crippen LogP contribution in [0.25, 0.3) is 11.1 Å². The van der Waals surface area contributed by atoms with Gasteiger partial charge in [-0.1, -0.05) is 36.4 Å². The molecule has 136 valence electrons. The maximum absolute atomic E-state index is 13.7. The molecule has 4 rings (SSSR count). The Balaban J connectivity index is 1.94. The lowest BCUT2D eigenvalue weighted by molar-refractivity contribution is -0.116. The molecule has 3 aromatic rings. The Hall–Kier alpha value is -3.06. The Labute approximate surface area is 157 Å². The fraction of sp³-hybridized carbons (Fsp3) is 0.100. The monoisotopic (exact) mass is 385 g/mol. The number of anilines is 1. The van der Waals surface area contributed by atoms with E-state index >= 15 is 0 Å². The quantitative estimate of drug-likeness (QED) is 0.676. The first kappa shape index (κ1) is 17.4. The van der Waals surface area contributed by atoms with Gasteiger partial charge in [0, 0.05) is 22.8 Å². The Morgan fingerprint density at radius 2 is 1.85 bits per heavy atom. The number of carbonyl (C=O) groups excluding carboxylic acids is 1. The van der Waals surface area contributed by atoms with E-state index in [4.69, 9.17) is 0 Å². The third-order valence-corrected chi connectivity index (χ3v) is 5.80. The van der Waals surface area contributed by atoms with Crippen molar-refractivity contribution in [3.05, 3.63) is 75.5 Å². The summed E-state index contributed by atoms with van der Waals surface area (Å²) >= 11 is 1.05. The molecule has 1 aliphatic heterocycles. The molecule has 1 aliphatic rings. The van der Waals surface area contributed by atoms with Crippen molar-refractivity contribution in [2.24, 2.45) is 0 Å². The minimum Gasteiger partial charge on any atom is -0.477 e. The fourth-order valence-corrected chi connectivity index (χ4v) is 4.56. The second kappa shape index (κ2) is 6.59. The summed E-state index contributed by atoms with van der Waals surface area (Å²) < 4.78 is 27.0. The van der Waals surface area contributed by atoms with Gasteiger partial charge in [0.25, 0.3) is 0 Å². The molecule has 1 amide bonds. The number of rotatable bonds is 3. The fourth-order valence-electron chi connectivity index (χ4n) is 3.32. The summed E-state index contributed by atoms with van der Waals surface area (Å²) in [5.41, 5.74) is 1.96. The molecular weight excluding hydrogens is 372 g/mol. The summed E-state index contributed by atoms with van der Waals surface area (Å²) in [4.78, 5) is 24.8. The van der Waals surface area contributed by atoms with Crippen molar-refractivity contribution in [3.8, 4) is 11.1 Å². The summed E-state index contributed by atoms with van der Waals surface area (Å²) in [5.74, 6) is -3.92. The molecule has 0 spiro atoms. The number of fused-ring (bicyclic) bond motifs is 1. The summed E-state index contributed by atoms with van der Waals surface area (Å²) in [6, 6.07) is 12.4. The topological polar surface area (TPSA) is 66.4 Å². The van der Waals surface area contributed by atoms with Gasteiger partial charge in [0.15, 0.2) is 11.6 Å². The van der Waals surface area contributed by atoms with Gasteiger partial charge in [0.1, 0.15) is 4.88 Å². The highest BCUT2D eigenvalue weighted by Gasteiger charge is 2.34. The van der Waals surface area contributed by atoms with Crippen LogP contribution in [0.15, 0.2) is 48.5 Å². The van der Waals surface area contributed by atoms with Crippen molar-refractivity contribution in [1.29, 1.82) is 0 Å². The van der Waals surface area contributed by atoms with Crippen LogP contribution in [-0.2, 0) is 4.79 Å². The minimum atomic E-state index is -1.11. The van der Waals surface area contributed by atoms with Crippen LogP contribution >= 0.6 is 11.3 Å². The number of thiophene rings is 1. The number of carboxylic acid groups (broad SMARTS) is 1. The average molecular weight is 385 g/mol. The van der Waals surface area contributed by atoms with Crippen molar-refractivity contribution >= 4 is 28.9 Å². The molecule has 2 aromatic carbocycles. The second-order valence-corrected chi connectivity index (χ2v) is 7.25. The van der Waals surface area contributed by atoms with E-state index in [0.717, 1.165) is 23.5 Å². The number of carboxylic acids is 1. The predicted molar refractivity (Wildman–Crippen MR) is 98.2 cm³/mol. The number of nitrogens with one attached hydrogen (secondary N) is 1. The lowest BCUT2D eigenvalue weighted by Crippen LogP contribution is -2.22. The molecule has 0 saturated heterocycles. The largest absolute Gasteiger partial charge is 0.477 e. The van der Waals surface area contributed by atoms with Crippen molar-refractivity contribution in [2.75, 3.05) is 5.32 Å². The van der Waals surface area contributed by atoms with Crippen molar-refractivity contribution < 1.29 is 23.5 Å². The summed E-state index contributed by atoms with van der Waals surface area (Å²) in [6.07, 6.45) is 0.0336. The lowest BCUT2D eigenvalue weighted by atomic mass is 9.88. The van der Waals surface area contributed by atoms with Gasteiger partial charge in [-0.05, 0) is 23.3 Å². The number of halogens is 2. The maximum Gasteiger partial charge on any atom is 0.346 e. The smallest absolute Gasteiger partial charge is 0.346 e. The standard InChI is InChI=1S/C20H13F2NO3S/c21-13-7-6-11(8-14(13)22)12-9-15(24)23-17-16(10-4-2-1-3-5-10)19(20(25)26)27-18(12)17/h1-8,12H,9H2,(H,23,24)(H,25,26)/t12-/m1/s1. The van der Waals surface area contributed by atoms with Crippen LogP contribution in [0, 0.1) is 11.6 Å². The number of benzene rings is 2. The summed E-state index contributed by atoms with van der Waals surface area (Å²) in [5, 5.41) is 12.4. The number of aromatic carboxylic acids is 1. The third kappa shape index (κ3) is 3.00. The van der Waals surface area contributed by atoms with Gasteiger partial charge in [-0.2, -0.15) is 0 Å². The molecule has 7 heteroatoms. The number of carbonyl (C=O) groups is 2. The Morgan fingerprint density at radius 1 is 1.11 bits per heavy atom. The van der Waals surface area contributed by atoms with E-state index in [1.54, 1.807) is 24.3 Å². The molecule has 1 atom stereocenters. The Morgan fingerprint density at radius 3 is 2.52 bits per heavy atom. The van der Waals surface area contributed by atoms with E-state index in [1.165, 1.54) is 6.07 Å². The average Bonchev–Trinajstić information content (AvgIpc) is 3.03. The van der Waals surface area contributed by atoms with Gasteiger partial charge < -0.3 is 10.4 Å². The van der Waals surface area contributed by atoms with Crippen LogP contribution in [0.5, 0.6) is 0 Å². The Bertz CT molecular complexity index is 1060. The first-order valence-electron chi connectivity index (χ1n) is 8.16. The van der Waals surface area contributed by atoms with Crippen molar-refractivity contribution in [2.45, 2.75) is 12.3 Å². The number of hydrogen-bond acceptors (Lipinski definition) is 3. The molecule has 2 N–H and O–H groups in total. The zero-order chi connectivity index (χ0) is 19.1. The highest BCUT2D eigenvalue weighted by molar-refractivity contribution is 7.15. The van der Waals surface area contributed by atoms with Crippen molar-refractivity contribution in [1.82, 2.24) is 0 Å². The SMILES string of the molecule is O=C1C[C@H](c2ccc(F)c(F)c2)c2sc(C(=O)O)c(-c3ccccc3)c2N1. The summed E-state index contributed by atoms with van der Waals surface area (Å²) in [6.45, 7) is 0. The zero-order valence-electron chi connectivity index (χ0n) is 13.8. The molecule has 2 heterocycles. The number of amides is 1. The van der Waals surface area contributed by atoms with E-state index in [2.05, 4.69) is 5.32 Å². The molecule has 0 aliphatic carbocycles. The zero-order valence-corrected chi connectivity index (χ0v) is 14.6. The van der Waals surface area contributed by atoms with E-state index in [9.17, 15) is 23.5 Å². The molecule has 27 heavy (non-hydrogen) atoms. The van der Waals surface area contributed by atoms with Crippen LogP contribution < -0.4 is 5.32 Å². The molecule has 0 fully saturated rings. The predicted octanol–water partition coefficient (Wildman–Crippen LogP) is 4.87. The van der Waals surface area contributed by atoms with E-state index in [0.29, 0.717) is 27.3 Å². The van der Waals surface area contributed by atoms with Crippen LogP contribution in [0.2, 0.25) is 0 Å². The molecule has 4 nitrogen and oxygen atoms in total. The first-order chi connectivity index (χ1) is 13.0. The highest BCUT2D eigenvalue weighted by atomic mass is 32.1. The molecule has 0 saturated carbocycles. The van der Waals surface area contributed by atoms with Crippen molar-refractivity contribution in [3.63, 3.8) is 0 Å². The Kier molecular flexibility index (Phi) is 4.24. The van der Waals surface area contributed by atoms with Gasteiger partial charge in [0.2, 0.25) is 5.91 Å². The van der Waals surface area contributed by atoms with Crippen LogP contribution in [0.1, 0.15) is 32.5 Å². The lowest BCUT2D eigenvalue weighted by Gasteiger charge is -2.24. The third-order valence-electron chi connectivity index (χ3n) is 4.51. The van der Waals surface area contributed by atoms with E-state index in [1.807, 2.05) is 6.07 Å². The van der Waals surface area contributed by atoms with Gasteiger partial charge in [-0.25, -0.2) is 13.6 Å². The molecule has 0 radical (unpaired) electrons. The van der Waals surface area contributed by atoms with Gasteiger partial charge >= 0.3 is 5.97 Å². The molecule has 0 bridgehead atoms. The normalized spacial score (nSPS) is 15.9. The van der Waals surface area contributed by atoms with E-state index in [-0.39, 0.29) is 17.2 Å². The first-order valence-corrected chi connectivity index (χ1v) is 8.97. The minimum absolute atomic E-state index is 0.0336. The molecule has 1 aromatic heterocycles. The van der Waals surface area contributed by atoms with Crippen LogP contribution in [0.3, 0.4) is 0 Å². The molecule has 0 unspecified atom stereocenters.